The maximum Gasteiger partial charge on any atom is 0.355 e. The molecule has 1 aromatic heterocycles. The van der Waals surface area contributed by atoms with E-state index in [1.54, 1.807) is 0 Å². The molecule has 2 rings (SSSR count). The molecule has 0 unspecified atom stereocenters. The van der Waals surface area contributed by atoms with Crippen molar-refractivity contribution in [2.24, 2.45) is 0 Å². The number of aromatic nitrogens is 1. The average molecular weight is 259 g/mol. The van der Waals surface area contributed by atoms with Gasteiger partial charge in [-0.2, -0.15) is 0 Å². The second-order valence-corrected chi connectivity index (χ2v) is 4.79. The van der Waals surface area contributed by atoms with Gasteiger partial charge in [-0.1, -0.05) is 25.5 Å². The zero-order valence-electron chi connectivity index (χ0n) is 11.9. The molecule has 0 aliphatic heterocycles. The molecule has 2 aromatic rings. The zero-order valence-corrected chi connectivity index (χ0v) is 11.9. The van der Waals surface area contributed by atoms with E-state index in [2.05, 4.69) is 18.0 Å². The van der Waals surface area contributed by atoms with Crippen LogP contribution >= 0.6 is 0 Å². The van der Waals surface area contributed by atoms with Crippen LogP contribution in [-0.4, -0.2) is 17.6 Å². The molecular weight excluding hydrogens is 238 g/mol. The van der Waals surface area contributed by atoms with E-state index in [0.717, 1.165) is 17.5 Å². The van der Waals surface area contributed by atoms with Crippen LogP contribution in [0.1, 0.15) is 48.3 Å². The summed E-state index contributed by atoms with van der Waals surface area (Å²) in [6, 6.07) is 6.20. The second kappa shape index (κ2) is 5.91. The van der Waals surface area contributed by atoms with Gasteiger partial charge in [0.1, 0.15) is 5.69 Å². The van der Waals surface area contributed by atoms with Crippen molar-refractivity contribution in [1.82, 2.24) is 4.98 Å². The van der Waals surface area contributed by atoms with E-state index < -0.39 is 0 Å². The van der Waals surface area contributed by atoms with Gasteiger partial charge in [0.25, 0.3) is 0 Å². The molecule has 0 radical (unpaired) electrons. The van der Waals surface area contributed by atoms with Crippen molar-refractivity contribution in [3.63, 3.8) is 0 Å². The molecule has 0 saturated heterocycles. The van der Waals surface area contributed by atoms with Gasteiger partial charge in [0.15, 0.2) is 0 Å². The van der Waals surface area contributed by atoms with Gasteiger partial charge in [0.05, 0.1) is 6.61 Å². The Labute approximate surface area is 114 Å². The number of unbranched alkanes of at least 4 members (excludes halogenated alkanes) is 1. The van der Waals surface area contributed by atoms with E-state index in [-0.39, 0.29) is 5.97 Å². The van der Waals surface area contributed by atoms with Crippen molar-refractivity contribution < 1.29 is 9.53 Å². The number of fused-ring (bicyclic) bond motifs is 1. The van der Waals surface area contributed by atoms with Gasteiger partial charge in [0, 0.05) is 10.9 Å². The summed E-state index contributed by atoms with van der Waals surface area (Å²) in [7, 11) is 0. The fourth-order valence-electron chi connectivity index (χ4n) is 2.48. The zero-order chi connectivity index (χ0) is 13.8. The van der Waals surface area contributed by atoms with Gasteiger partial charge in [-0.05, 0) is 43.9 Å². The van der Waals surface area contributed by atoms with Gasteiger partial charge in [-0.3, -0.25) is 0 Å². The predicted molar refractivity (Wildman–Crippen MR) is 77.6 cm³/mol. The number of nitrogens with one attached hydrogen (secondary N) is 1. The number of aryl methyl sites for hydroxylation is 2. The number of hydrogen-bond donors (Lipinski definition) is 1. The molecule has 19 heavy (non-hydrogen) atoms. The molecule has 0 fully saturated rings. The lowest BCUT2D eigenvalue weighted by molar-refractivity contribution is 0.0520. The van der Waals surface area contributed by atoms with Crippen molar-refractivity contribution in [2.45, 2.75) is 40.0 Å². The van der Waals surface area contributed by atoms with Crippen LogP contribution in [-0.2, 0) is 11.2 Å². The summed E-state index contributed by atoms with van der Waals surface area (Å²) in [5.74, 6) is -0.266. The van der Waals surface area contributed by atoms with Crippen molar-refractivity contribution in [2.75, 3.05) is 6.61 Å². The van der Waals surface area contributed by atoms with Crippen LogP contribution in [0.25, 0.3) is 10.9 Å². The Morgan fingerprint density at radius 3 is 2.79 bits per heavy atom. The summed E-state index contributed by atoms with van der Waals surface area (Å²) in [6.45, 7) is 6.40. The summed E-state index contributed by atoms with van der Waals surface area (Å²) in [6.07, 6.45) is 3.39. The summed E-state index contributed by atoms with van der Waals surface area (Å²) >= 11 is 0. The first-order valence-corrected chi connectivity index (χ1v) is 6.96. The number of H-pyrrole nitrogens is 1. The van der Waals surface area contributed by atoms with Crippen molar-refractivity contribution >= 4 is 16.9 Å². The van der Waals surface area contributed by atoms with E-state index in [0.29, 0.717) is 12.3 Å². The lowest BCUT2D eigenvalue weighted by Crippen LogP contribution is -2.06. The highest BCUT2D eigenvalue weighted by atomic mass is 16.5. The minimum atomic E-state index is -0.266. The molecule has 3 nitrogen and oxygen atoms in total. The number of carbonyl (C=O) groups is 1. The van der Waals surface area contributed by atoms with Gasteiger partial charge in [-0.15, -0.1) is 0 Å². The Balaban J connectivity index is 2.48. The number of benzene rings is 1. The number of esters is 1. The third kappa shape index (κ3) is 2.65. The molecule has 0 aliphatic carbocycles. The molecule has 0 atom stereocenters. The third-order valence-electron chi connectivity index (χ3n) is 3.44. The van der Waals surface area contributed by atoms with Crippen LogP contribution in [0.15, 0.2) is 18.2 Å². The second-order valence-electron chi connectivity index (χ2n) is 4.79. The molecule has 3 heteroatoms. The molecule has 0 saturated carbocycles. The van der Waals surface area contributed by atoms with Crippen LogP contribution in [0.2, 0.25) is 0 Å². The van der Waals surface area contributed by atoms with Gasteiger partial charge >= 0.3 is 5.97 Å². The molecule has 102 valence electrons. The number of ether oxygens (including phenoxy) is 1. The van der Waals surface area contributed by atoms with Crippen molar-refractivity contribution in [3.8, 4) is 0 Å². The highest BCUT2D eigenvalue weighted by Gasteiger charge is 2.17. The third-order valence-corrected chi connectivity index (χ3v) is 3.44. The van der Waals surface area contributed by atoms with E-state index in [1.807, 2.05) is 26.0 Å². The largest absolute Gasteiger partial charge is 0.461 e. The molecule has 0 amide bonds. The molecule has 0 spiro atoms. The standard InChI is InChI=1S/C16H21NO2/c1-4-6-8-12-9-7-10-13-14(12)11(3)15(17-13)16(18)19-5-2/h7,9-10,17H,4-6,8H2,1-3H3. The Morgan fingerprint density at radius 1 is 1.32 bits per heavy atom. The van der Waals surface area contributed by atoms with Crippen LogP contribution in [0.4, 0.5) is 0 Å². The van der Waals surface area contributed by atoms with E-state index >= 15 is 0 Å². The fourth-order valence-corrected chi connectivity index (χ4v) is 2.48. The molecule has 1 heterocycles. The first-order valence-electron chi connectivity index (χ1n) is 6.96. The predicted octanol–water partition coefficient (Wildman–Crippen LogP) is 4.00. The maximum absolute atomic E-state index is 11.9. The van der Waals surface area contributed by atoms with Crippen molar-refractivity contribution in [1.29, 1.82) is 0 Å². The molecule has 0 bridgehead atoms. The van der Waals surface area contributed by atoms with Crippen LogP contribution in [0.5, 0.6) is 0 Å². The monoisotopic (exact) mass is 259 g/mol. The molecule has 0 aliphatic rings. The topological polar surface area (TPSA) is 42.1 Å². The van der Waals surface area contributed by atoms with Crippen LogP contribution < -0.4 is 0 Å². The first-order chi connectivity index (χ1) is 9.19. The first kappa shape index (κ1) is 13.7. The highest BCUT2D eigenvalue weighted by Crippen LogP contribution is 2.27. The number of aromatic amines is 1. The SMILES string of the molecule is CCCCc1cccc2[nH]c(C(=O)OCC)c(C)c12. The minimum absolute atomic E-state index is 0.266. The normalized spacial score (nSPS) is 10.9. The molecule has 1 aromatic carbocycles. The van der Waals surface area contributed by atoms with Gasteiger partial charge in [-0.25, -0.2) is 4.79 Å². The van der Waals surface area contributed by atoms with E-state index in [1.165, 1.54) is 23.8 Å². The summed E-state index contributed by atoms with van der Waals surface area (Å²) < 4.78 is 5.09. The van der Waals surface area contributed by atoms with Crippen LogP contribution in [0, 0.1) is 6.92 Å². The van der Waals surface area contributed by atoms with E-state index in [4.69, 9.17) is 4.74 Å². The Hall–Kier alpha value is -1.77. The average Bonchev–Trinajstić information content (AvgIpc) is 2.75. The quantitative estimate of drug-likeness (QED) is 0.825. The Bertz CT molecular complexity index is 584. The van der Waals surface area contributed by atoms with Gasteiger partial charge in [0.2, 0.25) is 0 Å². The number of rotatable bonds is 5. The summed E-state index contributed by atoms with van der Waals surface area (Å²) in [5, 5.41) is 1.18. The summed E-state index contributed by atoms with van der Waals surface area (Å²) in [4.78, 5) is 15.1. The Morgan fingerprint density at radius 2 is 2.11 bits per heavy atom. The molecule has 1 N–H and O–H groups in total. The lowest BCUT2D eigenvalue weighted by atomic mass is 10.0. The van der Waals surface area contributed by atoms with Crippen LogP contribution in [0.3, 0.4) is 0 Å². The Kier molecular flexibility index (Phi) is 4.25. The summed E-state index contributed by atoms with van der Waals surface area (Å²) in [5.41, 5.74) is 3.92. The highest BCUT2D eigenvalue weighted by molar-refractivity contribution is 5.99. The minimum Gasteiger partial charge on any atom is -0.461 e. The smallest absolute Gasteiger partial charge is 0.355 e. The lowest BCUT2D eigenvalue weighted by Gasteiger charge is -2.03. The fraction of sp³-hybridized carbons (Fsp3) is 0.438. The molecular formula is C16H21NO2. The number of hydrogen-bond acceptors (Lipinski definition) is 2. The van der Waals surface area contributed by atoms with Crippen molar-refractivity contribution in [3.05, 3.63) is 35.0 Å². The van der Waals surface area contributed by atoms with E-state index in [9.17, 15) is 4.79 Å². The maximum atomic E-state index is 11.9. The number of carbonyl (C=O) groups excluding carboxylic acids is 1. The van der Waals surface area contributed by atoms with Gasteiger partial charge < -0.3 is 9.72 Å².